The summed E-state index contributed by atoms with van der Waals surface area (Å²) < 4.78 is 6.10. The van der Waals surface area contributed by atoms with Crippen molar-refractivity contribution in [1.29, 1.82) is 0 Å². The van der Waals surface area contributed by atoms with E-state index in [1.54, 1.807) is 0 Å². The summed E-state index contributed by atoms with van der Waals surface area (Å²) >= 11 is 0. The van der Waals surface area contributed by atoms with Gasteiger partial charge in [0.25, 0.3) is 0 Å². The molecule has 0 atom stereocenters. The van der Waals surface area contributed by atoms with Crippen LogP contribution < -0.4 is 4.74 Å². The van der Waals surface area contributed by atoms with Gasteiger partial charge in [-0.25, -0.2) is 0 Å². The Morgan fingerprint density at radius 1 is 0.750 bits per heavy atom. The molecule has 0 amide bonds. The maximum absolute atomic E-state index is 6.10. The van der Waals surface area contributed by atoms with E-state index in [1.807, 2.05) is 12.4 Å². The van der Waals surface area contributed by atoms with Crippen LogP contribution in [0.25, 0.3) is 11.3 Å². The Hall–Kier alpha value is -1.90. The highest BCUT2D eigenvalue weighted by Gasteiger charge is 2.21. The van der Waals surface area contributed by atoms with Crippen molar-refractivity contribution in [3.05, 3.63) is 42.4 Å². The summed E-state index contributed by atoms with van der Waals surface area (Å²) in [6, 6.07) is 8.36. The number of unbranched alkanes of at least 4 members (excludes halogenated alkanes) is 6. The molecule has 32 heavy (non-hydrogen) atoms. The molecule has 3 rings (SSSR count). The second-order valence-electron chi connectivity index (χ2n) is 9.78. The summed E-state index contributed by atoms with van der Waals surface area (Å²) in [5.74, 6) is 2.64. The molecule has 1 saturated carbocycles. The van der Waals surface area contributed by atoms with Gasteiger partial charge in [0, 0.05) is 11.8 Å². The Balaban J connectivity index is 1.37. The standard InChI is InChI=1S/C29H44N2O/c1-3-5-6-7-8-9-10-12-27-21-31-29(22-30-27)26-17-19-28(20-18-26)32-23-25-15-13-24(11-4-2)14-16-25/h17-22,24-25H,3-16,23H2,1-2H3. The van der Waals surface area contributed by atoms with Gasteiger partial charge < -0.3 is 4.74 Å². The highest BCUT2D eigenvalue weighted by molar-refractivity contribution is 5.58. The van der Waals surface area contributed by atoms with Crippen molar-refractivity contribution >= 4 is 0 Å². The number of rotatable bonds is 14. The number of aromatic nitrogens is 2. The highest BCUT2D eigenvalue weighted by Crippen LogP contribution is 2.32. The summed E-state index contributed by atoms with van der Waals surface area (Å²) in [7, 11) is 0. The molecule has 3 heteroatoms. The molecule has 1 fully saturated rings. The quantitative estimate of drug-likeness (QED) is 0.279. The monoisotopic (exact) mass is 436 g/mol. The molecule has 0 bridgehead atoms. The summed E-state index contributed by atoms with van der Waals surface area (Å²) in [6.45, 7) is 5.42. The van der Waals surface area contributed by atoms with Gasteiger partial charge in [0.2, 0.25) is 0 Å². The number of ether oxygens (including phenoxy) is 1. The Morgan fingerprint density at radius 3 is 2.09 bits per heavy atom. The van der Waals surface area contributed by atoms with E-state index in [1.165, 1.54) is 83.5 Å². The lowest BCUT2D eigenvalue weighted by Gasteiger charge is -2.28. The smallest absolute Gasteiger partial charge is 0.119 e. The predicted molar refractivity (Wildman–Crippen MR) is 135 cm³/mol. The third kappa shape index (κ3) is 8.56. The van der Waals surface area contributed by atoms with Gasteiger partial charge in [-0.2, -0.15) is 0 Å². The molecular formula is C29H44N2O. The molecule has 2 aromatic rings. The molecule has 1 aliphatic carbocycles. The Bertz CT molecular complexity index is 733. The molecule has 1 heterocycles. The molecule has 0 saturated heterocycles. The maximum Gasteiger partial charge on any atom is 0.119 e. The second-order valence-corrected chi connectivity index (χ2v) is 9.78. The molecule has 0 radical (unpaired) electrons. The molecule has 0 aliphatic heterocycles. The zero-order chi connectivity index (χ0) is 22.4. The Morgan fingerprint density at radius 2 is 1.44 bits per heavy atom. The fourth-order valence-corrected chi connectivity index (χ4v) is 4.93. The highest BCUT2D eigenvalue weighted by atomic mass is 16.5. The zero-order valence-electron chi connectivity index (χ0n) is 20.5. The number of benzene rings is 1. The van der Waals surface area contributed by atoms with E-state index in [0.29, 0.717) is 0 Å². The Labute approximate surface area is 196 Å². The minimum Gasteiger partial charge on any atom is -0.493 e. The zero-order valence-corrected chi connectivity index (χ0v) is 20.5. The van der Waals surface area contributed by atoms with Crippen molar-refractivity contribution in [2.24, 2.45) is 11.8 Å². The first-order valence-electron chi connectivity index (χ1n) is 13.3. The molecule has 1 aliphatic rings. The normalized spacial score (nSPS) is 18.6. The van der Waals surface area contributed by atoms with Gasteiger partial charge in [-0.3, -0.25) is 9.97 Å². The van der Waals surface area contributed by atoms with Gasteiger partial charge in [0.15, 0.2) is 0 Å². The molecule has 1 aromatic heterocycles. The van der Waals surface area contributed by atoms with Crippen LogP contribution in [0, 0.1) is 11.8 Å². The van der Waals surface area contributed by atoms with Crippen LogP contribution >= 0.6 is 0 Å². The number of hydrogen-bond donors (Lipinski definition) is 0. The summed E-state index contributed by atoms with van der Waals surface area (Å²) in [5.41, 5.74) is 3.15. The first-order valence-corrected chi connectivity index (χ1v) is 13.3. The largest absolute Gasteiger partial charge is 0.493 e. The number of nitrogens with zero attached hydrogens (tertiary/aromatic N) is 2. The van der Waals surface area contributed by atoms with Crippen LogP contribution in [0.5, 0.6) is 5.75 Å². The van der Waals surface area contributed by atoms with Crippen molar-refractivity contribution in [3.8, 4) is 17.0 Å². The van der Waals surface area contributed by atoms with Crippen molar-refractivity contribution in [3.63, 3.8) is 0 Å². The van der Waals surface area contributed by atoms with Crippen molar-refractivity contribution in [1.82, 2.24) is 9.97 Å². The SMILES string of the molecule is CCCCCCCCCc1cnc(-c2ccc(OCC3CCC(CCC)CC3)cc2)cn1. The van der Waals surface area contributed by atoms with Gasteiger partial charge in [-0.15, -0.1) is 0 Å². The van der Waals surface area contributed by atoms with Crippen molar-refractivity contribution in [2.75, 3.05) is 6.61 Å². The van der Waals surface area contributed by atoms with Crippen LogP contribution in [0.15, 0.2) is 36.7 Å². The van der Waals surface area contributed by atoms with Crippen LogP contribution in [0.4, 0.5) is 0 Å². The van der Waals surface area contributed by atoms with E-state index < -0.39 is 0 Å². The van der Waals surface area contributed by atoms with Crippen LogP contribution in [0.3, 0.4) is 0 Å². The van der Waals surface area contributed by atoms with Crippen LogP contribution in [0.1, 0.15) is 103 Å². The fraction of sp³-hybridized carbons (Fsp3) is 0.655. The lowest BCUT2D eigenvalue weighted by atomic mass is 9.80. The molecule has 0 unspecified atom stereocenters. The minimum atomic E-state index is 0.720. The molecule has 1 aromatic carbocycles. The average Bonchev–Trinajstić information content (AvgIpc) is 2.84. The van der Waals surface area contributed by atoms with E-state index in [-0.39, 0.29) is 0 Å². The van der Waals surface area contributed by atoms with E-state index in [2.05, 4.69) is 48.1 Å². The number of aryl methyl sites for hydroxylation is 1. The van der Waals surface area contributed by atoms with Gasteiger partial charge >= 0.3 is 0 Å². The summed E-state index contributed by atoms with van der Waals surface area (Å²) in [6.07, 6.45) is 22.4. The lowest BCUT2D eigenvalue weighted by Crippen LogP contribution is -2.20. The van der Waals surface area contributed by atoms with Gasteiger partial charge in [0.1, 0.15) is 5.75 Å². The molecule has 176 valence electrons. The second kappa shape index (κ2) is 14.3. The number of hydrogen-bond acceptors (Lipinski definition) is 3. The minimum absolute atomic E-state index is 0.720. The van der Waals surface area contributed by atoms with Crippen molar-refractivity contribution in [2.45, 2.75) is 104 Å². The van der Waals surface area contributed by atoms with E-state index >= 15 is 0 Å². The van der Waals surface area contributed by atoms with Gasteiger partial charge in [-0.05, 0) is 61.8 Å². The van der Waals surface area contributed by atoms with Gasteiger partial charge in [-0.1, -0.05) is 78.1 Å². The molecular weight excluding hydrogens is 392 g/mol. The van der Waals surface area contributed by atoms with E-state index in [0.717, 1.165) is 47.6 Å². The third-order valence-corrected chi connectivity index (χ3v) is 7.04. The average molecular weight is 437 g/mol. The maximum atomic E-state index is 6.10. The Kier molecular flexibility index (Phi) is 11.0. The topological polar surface area (TPSA) is 35.0 Å². The predicted octanol–water partition coefficient (Wildman–Crippen LogP) is 8.42. The third-order valence-electron chi connectivity index (χ3n) is 7.04. The van der Waals surface area contributed by atoms with E-state index in [4.69, 9.17) is 4.74 Å². The van der Waals surface area contributed by atoms with Crippen LogP contribution in [-0.2, 0) is 6.42 Å². The first kappa shape index (κ1) is 24.7. The van der Waals surface area contributed by atoms with E-state index in [9.17, 15) is 0 Å². The first-order chi connectivity index (χ1) is 15.8. The molecule has 3 nitrogen and oxygen atoms in total. The van der Waals surface area contributed by atoms with Crippen LogP contribution in [-0.4, -0.2) is 16.6 Å². The van der Waals surface area contributed by atoms with Crippen LogP contribution in [0.2, 0.25) is 0 Å². The lowest BCUT2D eigenvalue weighted by molar-refractivity contribution is 0.178. The molecule has 0 N–H and O–H groups in total. The summed E-state index contributed by atoms with van der Waals surface area (Å²) in [4.78, 5) is 9.30. The molecule has 0 spiro atoms. The fourth-order valence-electron chi connectivity index (χ4n) is 4.93. The summed E-state index contributed by atoms with van der Waals surface area (Å²) in [5, 5.41) is 0. The van der Waals surface area contributed by atoms with Crippen molar-refractivity contribution < 1.29 is 4.74 Å². The van der Waals surface area contributed by atoms with Gasteiger partial charge in [0.05, 0.1) is 24.2 Å².